The summed E-state index contributed by atoms with van der Waals surface area (Å²) in [5.74, 6) is -2.22. The van der Waals surface area contributed by atoms with Crippen molar-refractivity contribution in [3.05, 3.63) is 88.4 Å². The molecule has 0 unspecified atom stereocenters. The number of nitrogens with zero attached hydrogens (tertiary/aromatic N) is 4. The Kier molecular flexibility index (Phi) is 6.63. The molecule has 1 aliphatic heterocycles. The van der Waals surface area contributed by atoms with E-state index in [4.69, 9.17) is 15.2 Å². The van der Waals surface area contributed by atoms with Crippen LogP contribution in [-0.4, -0.2) is 31.2 Å². The molecule has 0 saturated carbocycles. The molecule has 2 N–H and O–H groups in total. The number of hydrogen-bond acceptors (Lipinski definition) is 7. The van der Waals surface area contributed by atoms with Crippen molar-refractivity contribution in [3.63, 3.8) is 0 Å². The summed E-state index contributed by atoms with van der Waals surface area (Å²) in [5.41, 5.74) is 5.30. The molecule has 9 heteroatoms. The Hall–Kier alpha value is -4.81. The summed E-state index contributed by atoms with van der Waals surface area (Å²) in [7, 11) is 1.41. The van der Waals surface area contributed by atoms with Gasteiger partial charge in [-0.25, -0.2) is 9.18 Å². The number of fused-ring (bicyclic) bond motifs is 1. The fourth-order valence-electron chi connectivity index (χ4n) is 4.87. The van der Waals surface area contributed by atoms with Gasteiger partial charge in [-0.1, -0.05) is 36.4 Å². The molecule has 2 atom stereocenters. The van der Waals surface area contributed by atoms with E-state index in [0.717, 1.165) is 5.56 Å². The number of methoxy groups -OCH3 is 1. The molecule has 2 aliphatic rings. The summed E-state index contributed by atoms with van der Waals surface area (Å²) >= 11 is 0. The fourth-order valence-corrected chi connectivity index (χ4v) is 4.87. The van der Waals surface area contributed by atoms with Crippen LogP contribution in [0.25, 0.3) is 0 Å². The second-order valence-electron chi connectivity index (χ2n) is 8.51. The van der Waals surface area contributed by atoms with E-state index in [1.165, 1.54) is 30.2 Å². The normalized spacial score (nSPS) is 20.2. The maximum Gasteiger partial charge on any atom is 0.410 e. The summed E-state index contributed by atoms with van der Waals surface area (Å²) in [6, 6.07) is 19.1. The topological polar surface area (TPSA) is 136 Å². The molecule has 8 nitrogen and oxygen atoms in total. The van der Waals surface area contributed by atoms with Crippen LogP contribution in [0.1, 0.15) is 17.0 Å². The van der Waals surface area contributed by atoms with Gasteiger partial charge in [-0.2, -0.15) is 15.8 Å². The molecule has 2 aromatic rings. The highest BCUT2D eigenvalue weighted by Crippen LogP contribution is 2.54. The van der Waals surface area contributed by atoms with Gasteiger partial charge in [-0.15, -0.1) is 0 Å². The smallest absolute Gasteiger partial charge is 0.410 e. The monoisotopic (exact) mass is 483 g/mol. The predicted octanol–water partition coefficient (Wildman–Crippen LogP) is 3.90. The Morgan fingerprint density at radius 1 is 1.19 bits per heavy atom. The summed E-state index contributed by atoms with van der Waals surface area (Å²) in [5, 5.41) is 30.2. The number of halogens is 1. The lowest BCUT2D eigenvalue weighted by atomic mass is 9.58. The van der Waals surface area contributed by atoms with Gasteiger partial charge in [-0.05, 0) is 34.9 Å². The third-order valence-electron chi connectivity index (χ3n) is 6.67. The van der Waals surface area contributed by atoms with Crippen molar-refractivity contribution in [2.45, 2.75) is 12.5 Å². The van der Waals surface area contributed by atoms with Crippen LogP contribution in [0.5, 0.6) is 5.75 Å². The van der Waals surface area contributed by atoms with Gasteiger partial charge in [0.1, 0.15) is 24.2 Å². The molecule has 180 valence electrons. The zero-order valence-electron chi connectivity index (χ0n) is 19.4. The van der Waals surface area contributed by atoms with Crippen molar-refractivity contribution in [3.8, 4) is 24.0 Å². The highest BCUT2D eigenvalue weighted by atomic mass is 19.1. The number of nitrogens with two attached hydrogens (primary N) is 1. The Labute approximate surface area is 207 Å². The standard InChI is InChI=1S/C27H22FN5O3/c1-35-18-7-8-23(28)20(11-18)24-22-13-33(26(34)36-14-17-5-3-2-4-6-17)10-9-19(22)21(12-29)25(32)27(24,15-30)16-31/h2-9,11,22,24H,10,13-14,32H2,1H3/t22-,24-/m0/s1. The van der Waals surface area contributed by atoms with Crippen LogP contribution in [0.15, 0.2) is 71.5 Å². The number of benzene rings is 2. The van der Waals surface area contributed by atoms with Crippen molar-refractivity contribution in [1.82, 2.24) is 4.90 Å². The molecule has 2 aromatic carbocycles. The lowest BCUT2D eigenvalue weighted by molar-refractivity contribution is 0.0897. The van der Waals surface area contributed by atoms with Gasteiger partial charge in [-0.3, -0.25) is 0 Å². The predicted molar refractivity (Wildman–Crippen MR) is 126 cm³/mol. The van der Waals surface area contributed by atoms with Gasteiger partial charge in [0.25, 0.3) is 0 Å². The first kappa shape index (κ1) is 24.3. The van der Waals surface area contributed by atoms with Crippen LogP contribution in [0.3, 0.4) is 0 Å². The molecule has 0 bridgehead atoms. The van der Waals surface area contributed by atoms with Crippen LogP contribution in [-0.2, 0) is 11.3 Å². The molecule has 0 fully saturated rings. The lowest BCUT2D eigenvalue weighted by Crippen LogP contribution is -2.49. The molecular weight excluding hydrogens is 461 g/mol. The van der Waals surface area contributed by atoms with Crippen LogP contribution in [0.2, 0.25) is 0 Å². The molecule has 0 radical (unpaired) electrons. The van der Waals surface area contributed by atoms with E-state index < -0.39 is 29.2 Å². The van der Waals surface area contributed by atoms with E-state index in [-0.39, 0.29) is 36.5 Å². The zero-order valence-corrected chi connectivity index (χ0v) is 19.4. The highest BCUT2D eigenvalue weighted by molar-refractivity contribution is 5.69. The molecule has 1 amide bonds. The van der Waals surface area contributed by atoms with E-state index in [2.05, 4.69) is 0 Å². The van der Waals surface area contributed by atoms with Gasteiger partial charge in [0.05, 0.1) is 30.5 Å². The number of carbonyl (C=O) groups is 1. The van der Waals surface area contributed by atoms with Crippen molar-refractivity contribution in [2.75, 3.05) is 20.2 Å². The second kappa shape index (κ2) is 9.82. The number of rotatable bonds is 4. The zero-order chi connectivity index (χ0) is 25.9. The lowest BCUT2D eigenvalue weighted by Gasteiger charge is -2.45. The first-order valence-corrected chi connectivity index (χ1v) is 11.1. The fraction of sp³-hybridized carbons (Fsp3) is 0.259. The number of ether oxygens (including phenoxy) is 2. The molecule has 0 spiro atoms. The van der Waals surface area contributed by atoms with Crippen LogP contribution >= 0.6 is 0 Å². The van der Waals surface area contributed by atoms with Gasteiger partial charge in [0.15, 0.2) is 5.41 Å². The number of carbonyl (C=O) groups excluding carboxylic acids is 1. The second-order valence-corrected chi connectivity index (χ2v) is 8.51. The number of hydrogen-bond donors (Lipinski definition) is 1. The van der Waals surface area contributed by atoms with Gasteiger partial charge in [0, 0.05) is 24.9 Å². The molecular formula is C27H22FN5O3. The summed E-state index contributed by atoms with van der Waals surface area (Å²) in [6.07, 6.45) is 1.03. The molecule has 0 saturated heterocycles. The van der Waals surface area contributed by atoms with E-state index in [9.17, 15) is 20.6 Å². The van der Waals surface area contributed by atoms with Crippen LogP contribution < -0.4 is 10.5 Å². The third-order valence-corrected chi connectivity index (χ3v) is 6.67. The average Bonchev–Trinajstić information content (AvgIpc) is 2.92. The Balaban J connectivity index is 1.78. The van der Waals surface area contributed by atoms with Crippen molar-refractivity contribution in [1.29, 1.82) is 15.8 Å². The highest BCUT2D eigenvalue weighted by Gasteiger charge is 2.55. The summed E-state index contributed by atoms with van der Waals surface area (Å²) in [4.78, 5) is 14.3. The van der Waals surface area contributed by atoms with Crippen molar-refractivity contribution >= 4 is 6.09 Å². The van der Waals surface area contributed by atoms with Crippen LogP contribution in [0, 0.1) is 51.1 Å². The summed E-state index contributed by atoms with van der Waals surface area (Å²) < 4.78 is 25.9. The van der Waals surface area contributed by atoms with E-state index in [1.807, 2.05) is 48.5 Å². The van der Waals surface area contributed by atoms with E-state index >= 15 is 4.39 Å². The average molecular weight is 484 g/mol. The van der Waals surface area contributed by atoms with E-state index in [0.29, 0.717) is 11.3 Å². The maximum atomic E-state index is 15.2. The molecule has 1 aliphatic carbocycles. The first-order valence-electron chi connectivity index (χ1n) is 11.1. The Bertz CT molecular complexity index is 1370. The Morgan fingerprint density at radius 2 is 1.92 bits per heavy atom. The van der Waals surface area contributed by atoms with E-state index in [1.54, 1.807) is 6.08 Å². The largest absolute Gasteiger partial charge is 0.497 e. The minimum Gasteiger partial charge on any atom is -0.497 e. The van der Waals surface area contributed by atoms with Crippen LogP contribution in [0.4, 0.5) is 9.18 Å². The quantitative estimate of drug-likeness (QED) is 0.696. The van der Waals surface area contributed by atoms with Gasteiger partial charge in [0.2, 0.25) is 0 Å². The minimum absolute atomic E-state index is 0.0000396. The first-order chi connectivity index (χ1) is 17.4. The molecule has 0 aromatic heterocycles. The number of allylic oxidation sites excluding steroid dienone is 2. The molecule has 4 rings (SSSR count). The molecule has 1 heterocycles. The van der Waals surface area contributed by atoms with Crippen molar-refractivity contribution < 1.29 is 18.7 Å². The Morgan fingerprint density at radius 3 is 2.56 bits per heavy atom. The van der Waals surface area contributed by atoms with Crippen molar-refractivity contribution in [2.24, 2.45) is 17.1 Å². The number of nitriles is 3. The van der Waals surface area contributed by atoms with Gasteiger partial charge < -0.3 is 20.1 Å². The van der Waals surface area contributed by atoms with Gasteiger partial charge >= 0.3 is 6.09 Å². The molecule has 36 heavy (non-hydrogen) atoms. The third kappa shape index (κ3) is 4.00. The SMILES string of the molecule is COc1ccc(F)c([C@H]2[C@H]3CN(C(=O)OCc4ccccc4)CC=C3C(C#N)=C(N)C2(C#N)C#N)c1. The number of amides is 1. The minimum atomic E-state index is -2.04. The summed E-state index contributed by atoms with van der Waals surface area (Å²) in [6.45, 7) is 0.170. The maximum absolute atomic E-state index is 15.2.